The number of carboxylic acid groups (broad SMARTS) is 1. The summed E-state index contributed by atoms with van der Waals surface area (Å²) in [6.07, 6.45) is 4.11. The molecule has 1 N–H and O–H groups in total. The van der Waals surface area contributed by atoms with Gasteiger partial charge in [-0.25, -0.2) is 14.8 Å². The van der Waals surface area contributed by atoms with E-state index in [-0.39, 0.29) is 12.0 Å². The zero-order valence-corrected chi connectivity index (χ0v) is 20.1. The van der Waals surface area contributed by atoms with E-state index in [0.717, 1.165) is 45.2 Å². The molecule has 184 valence electrons. The van der Waals surface area contributed by atoms with Crippen molar-refractivity contribution >= 4 is 12.1 Å². The first kappa shape index (κ1) is 25.7. The Bertz CT molecular complexity index is 830. The van der Waals surface area contributed by atoms with Gasteiger partial charge < -0.3 is 9.84 Å². The number of methoxy groups -OCH3 is 1. The van der Waals surface area contributed by atoms with E-state index >= 15 is 0 Å². The predicted molar refractivity (Wildman–Crippen MR) is 132 cm³/mol. The molecule has 1 saturated heterocycles. The van der Waals surface area contributed by atoms with Crippen LogP contribution < -0.4 is 0 Å². The first-order valence-corrected chi connectivity index (χ1v) is 12.3. The highest BCUT2D eigenvalue weighted by Gasteiger charge is 2.30. The highest BCUT2D eigenvalue weighted by molar-refractivity contribution is 5.69. The van der Waals surface area contributed by atoms with Crippen LogP contribution in [0.1, 0.15) is 55.7 Å². The Balaban J connectivity index is 1.51. The number of ether oxygens (including phenoxy) is 1. The van der Waals surface area contributed by atoms with Crippen LogP contribution in [-0.2, 0) is 9.53 Å². The summed E-state index contributed by atoms with van der Waals surface area (Å²) in [4.78, 5) is 25.6. The van der Waals surface area contributed by atoms with Crippen LogP contribution in [-0.4, -0.2) is 71.9 Å². The maximum absolute atomic E-state index is 12.0. The molecule has 3 rings (SSSR count). The third-order valence-electron chi connectivity index (χ3n) is 6.43. The van der Waals surface area contributed by atoms with Crippen molar-refractivity contribution < 1.29 is 19.4 Å². The smallest absolute Gasteiger partial charge is 0.421 e. The Kier molecular flexibility index (Phi) is 10.4. The molecule has 1 amide bonds. The van der Waals surface area contributed by atoms with E-state index in [1.807, 2.05) is 17.1 Å². The van der Waals surface area contributed by atoms with Crippen molar-refractivity contribution in [1.29, 1.82) is 0 Å². The first-order chi connectivity index (χ1) is 16.6. The molecular weight excluding hydrogens is 430 g/mol. The van der Waals surface area contributed by atoms with Crippen molar-refractivity contribution in [2.45, 2.75) is 44.6 Å². The third kappa shape index (κ3) is 7.57. The molecule has 0 bridgehead atoms. The van der Waals surface area contributed by atoms with Crippen LogP contribution in [0.15, 0.2) is 60.7 Å². The van der Waals surface area contributed by atoms with Crippen molar-refractivity contribution in [3.63, 3.8) is 0 Å². The summed E-state index contributed by atoms with van der Waals surface area (Å²) in [7, 11) is 1.41. The topological polar surface area (TPSA) is 73.3 Å². The van der Waals surface area contributed by atoms with Gasteiger partial charge in [0, 0.05) is 39.1 Å². The number of unbranched alkanes of at least 4 members (excludes halogenated alkanes) is 4. The van der Waals surface area contributed by atoms with Gasteiger partial charge in [-0.05, 0) is 24.0 Å². The zero-order chi connectivity index (χ0) is 24.2. The summed E-state index contributed by atoms with van der Waals surface area (Å²) in [5.74, 6) is -0.169. The molecule has 0 unspecified atom stereocenters. The molecule has 0 aliphatic carbocycles. The number of nitrogens with zero attached hydrogens (tertiary/aromatic N) is 3. The van der Waals surface area contributed by atoms with E-state index in [2.05, 4.69) is 58.2 Å². The Morgan fingerprint density at radius 1 is 0.853 bits per heavy atom. The van der Waals surface area contributed by atoms with E-state index in [9.17, 15) is 14.7 Å². The third-order valence-corrected chi connectivity index (χ3v) is 6.43. The van der Waals surface area contributed by atoms with Crippen molar-refractivity contribution in [2.75, 3.05) is 39.8 Å². The van der Waals surface area contributed by atoms with Gasteiger partial charge in [0.25, 0.3) is 0 Å². The molecule has 34 heavy (non-hydrogen) atoms. The summed E-state index contributed by atoms with van der Waals surface area (Å²) in [6, 6.07) is 21.2. The molecule has 7 heteroatoms. The second-order valence-corrected chi connectivity index (χ2v) is 8.71. The van der Waals surface area contributed by atoms with Crippen molar-refractivity contribution in [1.82, 2.24) is 14.9 Å². The maximum atomic E-state index is 12.0. The fraction of sp³-hybridized carbons (Fsp3) is 0.481. The monoisotopic (exact) mass is 467 g/mol. The molecule has 0 aromatic heterocycles. The molecule has 0 saturated carbocycles. The highest BCUT2D eigenvalue weighted by Crippen LogP contribution is 2.29. The minimum Gasteiger partial charge on any atom is -0.469 e. The lowest BCUT2D eigenvalue weighted by molar-refractivity contribution is -0.140. The number of carbonyl (C=O) groups excluding carboxylic acids is 1. The second-order valence-electron chi connectivity index (χ2n) is 8.71. The lowest BCUT2D eigenvalue weighted by Crippen LogP contribution is -2.56. The average Bonchev–Trinajstić information content (AvgIpc) is 2.87. The standard InChI is InChI=1S/C27H37N3O4/c1-34-25(31)17-11-3-2-4-12-18-30(27(32)33)29-21-19-28(20-22-29)26(23-13-7-5-8-14-23)24-15-9-6-10-16-24/h5-10,13-16,26H,2-4,11-12,17-22H2,1H3,(H,32,33). The van der Waals surface area contributed by atoms with Gasteiger partial charge in [0.05, 0.1) is 13.2 Å². The molecule has 0 radical (unpaired) electrons. The molecule has 1 heterocycles. The van der Waals surface area contributed by atoms with Gasteiger partial charge in [-0.2, -0.15) is 0 Å². The fourth-order valence-corrected chi connectivity index (χ4v) is 4.62. The number of benzene rings is 2. The number of amides is 1. The molecular formula is C27H37N3O4. The van der Waals surface area contributed by atoms with Crippen LogP contribution in [0.25, 0.3) is 0 Å². The molecule has 2 aromatic carbocycles. The van der Waals surface area contributed by atoms with E-state index in [1.165, 1.54) is 23.2 Å². The maximum Gasteiger partial charge on any atom is 0.421 e. The van der Waals surface area contributed by atoms with E-state index in [1.54, 1.807) is 0 Å². The van der Waals surface area contributed by atoms with Crippen molar-refractivity contribution in [2.24, 2.45) is 0 Å². The van der Waals surface area contributed by atoms with Crippen LogP contribution >= 0.6 is 0 Å². The summed E-state index contributed by atoms with van der Waals surface area (Å²) >= 11 is 0. The molecule has 2 aromatic rings. The largest absolute Gasteiger partial charge is 0.469 e. The summed E-state index contributed by atoms with van der Waals surface area (Å²) in [5.41, 5.74) is 2.51. The van der Waals surface area contributed by atoms with Crippen LogP contribution in [0, 0.1) is 0 Å². The Labute approximate surface area is 202 Å². The van der Waals surface area contributed by atoms with Gasteiger partial charge in [0.15, 0.2) is 0 Å². The Morgan fingerprint density at radius 2 is 1.38 bits per heavy atom. The first-order valence-electron chi connectivity index (χ1n) is 12.3. The summed E-state index contributed by atoms with van der Waals surface area (Å²) in [6.45, 7) is 3.47. The van der Waals surface area contributed by atoms with E-state index in [4.69, 9.17) is 0 Å². The quantitative estimate of drug-likeness (QED) is 0.357. The van der Waals surface area contributed by atoms with Gasteiger partial charge in [-0.3, -0.25) is 9.69 Å². The van der Waals surface area contributed by atoms with Crippen LogP contribution in [0.4, 0.5) is 4.79 Å². The highest BCUT2D eigenvalue weighted by atomic mass is 16.5. The average molecular weight is 468 g/mol. The summed E-state index contributed by atoms with van der Waals surface area (Å²) in [5, 5.41) is 13.3. The van der Waals surface area contributed by atoms with Gasteiger partial charge in [-0.15, -0.1) is 0 Å². The summed E-state index contributed by atoms with van der Waals surface area (Å²) < 4.78 is 4.66. The molecule has 1 aliphatic rings. The molecule has 1 aliphatic heterocycles. The number of piperazine rings is 1. The number of hydrogen-bond acceptors (Lipinski definition) is 5. The lowest BCUT2D eigenvalue weighted by atomic mass is 9.96. The predicted octanol–water partition coefficient (Wildman–Crippen LogP) is 4.80. The number of carbonyl (C=O) groups is 2. The molecule has 0 atom stereocenters. The van der Waals surface area contributed by atoms with Gasteiger partial charge in [0.1, 0.15) is 0 Å². The van der Waals surface area contributed by atoms with Crippen molar-refractivity contribution in [3.05, 3.63) is 71.8 Å². The van der Waals surface area contributed by atoms with Crippen LogP contribution in [0.5, 0.6) is 0 Å². The van der Waals surface area contributed by atoms with Gasteiger partial charge >= 0.3 is 12.1 Å². The van der Waals surface area contributed by atoms with Crippen molar-refractivity contribution in [3.8, 4) is 0 Å². The number of hydrazine groups is 1. The van der Waals surface area contributed by atoms with Gasteiger partial charge in [-0.1, -0.05) is 79.9 Å². The minimum absolute atomic E-state index is 0.160. The molecule has 1 fully saturated rings. The van der Waals surface area contributed by atoms with Gasteiger partial charge in [0.2, 0.25) is 0 Å². The molecule has 0 spiro atoms. The van der Waals surface area contributed by atoms with E-state index in [0.29, 0.717) is 26.1 Å². The SMILES string of the molecule is COC(=O)CCCCCCCN(C(=O)O)N1CCN(C(c2ccccc2)c2ccccc2)CC1. The Morgan fingerprint density at radius 3 is 1.91 bits per heavy atom. The second kappa shape index (κ2) is 13.7. The number of esters is 1. The van der Waals surface area contributed by atoms with E-state index < -0.39 is 6.09 Å². The lowest BCUT2D eigenvalue weighted by Gasteiger charge is -2.42. The fourth-order valence-electron chi connectivity index (χ4n) is 4.62. The number of rotatable bonds is 12. The minimum atomic E-state index is -0.887. The molecule has 7 nitrogen and oxygen atoms in total. The normalized spacial score (nSPS) is 14.8. The van der Waals surface area contributed by atoms with Crippen LogP contribution in [0.2, 0.25) is 0 Å². The Hall–Kier alpha value is -2.90. The van der Waals surface area contributed by atoms with Crippen LogP contribution in [0.3, 0.4) is 0 Å². The number of hydrogen-bond donors (Lipinski definition) is 1. The zero-order valence-electron chi connectivity index (χ0n) is 20.1.